The van der Waals surface area contributed by atoms with E-state index in [-0.39, 0.29) is 0 Å². The van der Waals surface area contributed by atoms with Crippen LogP contribution >= 0.6 is 15.9 Å². The molecule has 17 heavy (non-hydrogen) atoms. The van der Waals surface area contributed by atoms with Gasteiger partial charge in [-0.05, 0) is 35.0 Å². The Kier molecular flexibility index (Phi) is 2.48. The van der Waals surface area contributed by atoms with Crippen molar-refractivity contribution in [1.29, 1.82) is 0 Å². The zero-order valence-corrected chi connectivity index (χ0v) is 11.0. The van der Waals surface area contributed by atoms with Gasteiger partial charge in [-0.25, -0.2) is 4.52 Å². The van der Waals surface area contributed by atoms with E-state index in [1.165, 1.54) is 5.56 Å². The molecule has 0 spiro atoms. The quantitative estimate of drug-likeness (QED) is 0.659. The first-order valence-electron chi connectivity index (χ1n) is 5.45. The third kappa shape index (κ3) is 1.76. The van der Waals surface area contributed by atoms with Crippen molar-refractivity contribution in [3.05, 3.63) is 58.7 Å². The lowest BCUT2D eigenvalue weighted by Gasteiger charge is -1.97. The number of pyridine rings is 1. The molecule has 2 nitrogen and oxygen atoms in total. The van der Waals surface area contributed by atoms with Crippen molar-refractivity contribution in [3.8, 4) is 11.3 Å². The number of rotatable bonds is 1. The fourth-order valence-electron chi connectivity index (χ4n) is 1.86. The Morgan fingerprint density at radius 1 is 1.06 bits per heavy atom. The number of halogens is 1. The van der Waals surface area contributed by atoms with Gasteiger partial charge in [-0.1, -0.05) is 35.9 Å². The smallest absolute Gasteiger partial charge is 0.108 e. The summed E-state index contributed by atoms with van der Waals surface area (Å²) in [5.41, 5.74) is 4.46. The molecule has 0 atom stereocenters. The number of hydrogen-bond donors (Lipinski definition) is 0. The van der Waals surface area contributed by atoms with E-state index in [0.717, 1.165) is 21.2 Å². The lowest BCUT2D eigenvalue weighted by Crippen LogP contribution is -1.84. The molecule has 0 aliphatic heterocycles. The highest BCUT2D eigenvalue weighted by Crippen LogP contribution is 2.30. The molecule has 3 rings (SSSR count). The molecule has 0 amide bonds. The van der Waals surface area contributed by atoms with Crippen LogP contribution in [0, 0.1) is 6.92 Å². The molecule has 2 heterocycles. The van der Waals surface area contributed by atoms with Crippen LogP contribution in [0.25, 0.3) is 16.8 Å². The van der Waals surface area contributed by atoms with Gasteiger partial charge in [-0.2, -0.15) is 5.10 Å². The second kappa shape index (κ2) is 4.00. The zero-order chi connectivity index (χ0) is 11.8. The van der Waals surface area contributed by atoms with Crippen LogP contribution in [0.5, 0.6) is 0 Å². The van der Waals surface area contributed by atoms with Gasteiger partial charge in [0.1, 0.15) is 5.69 Å². The molecule has 3 aromatic rings. The summed E-state index contributed by atoms with van der Waals surface area (Å²) in [5.74, 6) is 0. The molecule has 0 N–H and O–H groups in total. The Labute approximate surface area is 108 Å². The maximum absolute atomic E-state index is 4.58. The van der Waals surface area contributed by atoms with Crippen molar-refractivity contribution in [3.63, 3.8) is 0 Å². The van der Waals surface area contributed by atoms with Crippen LogP contribution in [-0.4, -0.2) is 9.61 Å². The van der Waals surface area contributed by atoms with Crippen molar-refractivity contribution in [2.45, 2.75) is 6.92 Å². The van der Waals surface area contributed by atoms with Crippen LogP contribution in [0.1, 0.15) is 5.56 Å². The second-order valence-corrected chi connectivity index (χ2v) is 4.85. The van der Waals surface area contributed by atoms with E-state index < -0.39 is 0 Å². The summed E-state index contributed by atoms with van der Waals surface area (Å²) in [6, 6.07) is 14.4. The van der Waals surface area contributed by atoms with Crippen LogP contribution in [0.2, 0.25) is 0 Å². The highest BCUT2D eigenvalue weighted by Gasteiger charge is 2.10. The summed E-state index contributed by atoms with van der Waals surface area (Å²) in [4.78, 5) is 0. The van der Waals surface area contributed by atoms with Crippen molar-refractivity contribution in [1.82, 2.24) is 9.61 Å². The maximum atomic E-state index is 4.58. The van der Waals surface area contributed by atoms with Gasteiger partial charge in [-0.15, -0.1) is 0 Å². The Morgan fingerprint density at radius 2 is 1.82 bits per heavy atom. The summed E-state index contributed by atoms with van der Waals surface area (Å²) in [6.45, 7) is 2.09. The van der Waals surface area contributed by atoms with Gasteiger partial charge < -0.3 is 0 Å². The Hall–Kier alpha value is -1.61. The first-order chi connectivity index (χ1) is 8.25. The fourth-order valence-corrected chi connectivity index (χ4v) is 2.49. The van der Waals surface area contributed by atoms with E-state index in [1.807, 2.05) is 22.8 Å². The fraction of sp³-hybridized carbons (Fsp3) is 0.0714. The van der Waals surface area contributed by atoms with Crippen LogP contribution in [0.15, 0.2) is 53.1 Å². The summed E-state index contributed by atoms with van der Waals surface area (Å²) < 4.78 is 2.93. The van der Waals surface area contributed by atoms with Gasteiger partial charge >= 0.3 is 0 Å². The van der Waals surface area contributed by atoms with E-state index in [0.29, 0.717) is 0 Å². The largest absolute Gasteiger partial charge is 0.239 e. The molecular formula is C14H11BrN2. The molecule has 3 heteroatoms. The van der Waals surface area contributed by atoms with Gasteiger partial charge in [0.15, 0.2) is 0 Å². The van der Waals surface area contributed by atoms with Crippen LogP contribution < -0.4 is 0 Å². The number of nitrogens with zero attached hydrogens (tertiary/aromatic N) is 2. The SMILES string of the molecule is Cc1ccc(-c2nn3ccccc3c2Br)cc1. The lowest BCUT2D eigenvalue weighted by atomic mass is 10.1. The monoisotopic (exact) mass is 286 g/mol. The molecule has 1 aromatic carbocycles. The number of benzene rings is 1. The first-order valence-corrected chi connectivity index (χ1v) is 6.25. The van der Waals surface area contributed by atoms with E-state index >= 15 is 0 Å². The third-order valence-electron chi connectivity index (χ3n) is 2.80. The molecule has 0 aliphatic carbocycles. The normalized spacial score (nSPS) is 10.9. The van der Waals surface area contributed by atoms with Gasteiger partial charge in [0.05, 0.1) is 9.99 Å². The standard InChI is InChI=1S/C14H11BrN2/c1-10-5-7-11(8-6-10)14-13(15)12-4-2-3-9-17(12)16-14/h2-9H,1H3. The van der Waals surface area contributed by atoms with Crippen molar-refractivity contribution in [2.24, 2.45) is 0 Å². The van der Waals surface area contributed by atoms with E-state index in [1.54, 1.807) is 0 Å². The van der Waals surface area contributed by atoms with Gasteiger partial charge in [0.2, 0.25) is 0 Å². The molecular weight excluding hydrogens is 276 g/mol. The van der Waals surface area contributed by atoms with Crippen LogP contribution in [0.4, 0.5) is 0 Å². The van der Waals surface area contributed by atoms with E-state index in [2.05, 4.69) is 58.3 Å². The molecule has 0 radical (unpaired) electrons. The van der Waals surface area contributed by atoms with Crippen LogP contribution in [0.3, 0.4) is 0 Å². The van der Waals surface area contributed by atoms with Gasteiger partial charge in [-0.3, -0.25) is 0 Å². The van der Waals surface area contributed by atoms with Gasteiger partial charge in [0, 0.05) is 11.8 Å². The molecule has 0 bridgehead atoms. The van der Waals surface area contributed by atoms with Crippen molar-refractivity contribution < 1.29 is 0 Å². The Morgan fingerprint density at radius 3 is 2.53 bits per heavy atom. The van der Waals surface area contributed by atoms with E-state index in [4.69, 9.17) is 0 Å². The number of aryl methyl sites for hydroxylation is 1. The van der Waals surface area contributed by atoms with E-state index in [9.17, 15) is 0 Å². The molecule has 0 saturated carbocycles. The number of fused-ring (bicyclic) bond motifs is 1. The minimum atomic E-state index is 0.983. The maximum Gasteiger partial charge on any atom is 0.108 e. The molecule has 2 aromatic heterocycles. The minimum absolute atomic E-state index is 0.983. The molecule has 0 unspecified atom stereocenters. The second-order valence-electron chi connectivity index (χ2n) is 4.06. The molecule has 0 aliphatic rings. The topological polar surface area (TPSA) is 17.3 Å². The number of hydrogen-bond acceptors (Lipinski definition) is 1. The van der Waals surface area contributed by atoms with Crippen LogP contribution in [-0.2, 0) is 0 Å². The first kappa shape index (κ1) is 10.5. The average Bonchev–Trinajstić information content (AvgIpc) is 2.69. The lowest BCUT2D eigenvalue weighted by molar-refractivity contribution is 0.966. The average molecular weight is 287 g/mol. The summed E-state index contributed by atoms with van der Waals surface area (Å²) in [5, 5.41) is 4.58. The Balaban J connectivity index is 2.24. The molecule has 84 valence electrons. The molecule has 0 fully saturated rings. The highest BCUT2D eigenvalue weighted by molar-refractivity contribution is 9.10. The van der Waals surface area contributed by atoms with Crippen molar-refractivity contribution >= 4 is 21.4 Å². The van der Waals surface area contributed by atoms with Crippen molar-refractivity contribution in [2.75, 3.05) is 0 Å². The zero-order valence-electron chi connectivity index (χ0n) is 9.39. The highest BCUT2D eigenvalue weighted by atomic mass is 79.9. The summed E-state index contributed by atoms with van der Waals surface area (Å²) in [7, 11) is 0. The Bertz CT molecular complexity index is 668. The number of aromatic nitrogens is 2. The predicted octanol–water partition coefficient (Wildman–Crippen LogP) is 4.07. The van der Waals surface area contributed by atoms with Gasteiger partial charge in [0.25, 0.3) is 0 Å². The predicted molar refractivity (Wildman–Crippen MR) is 73.1 cm³/mol. The minimum Gasteiger partial charge on any atom is -0.239 e. The summed E-state index contributed by atoms with van der Waals surface area (Å²) in [6.07, 6.45) is 1.96. The molecule has 0 saturated heterocycles. The third-order valence-corrected chi connectivity index (χ3v) is 3.59. The summed E-state index contributed by atoms with van der Waals surface area (Å²) >= 11 is 3.62.